The summed E-state index contributed by atoms with van der Waals surface area (Å²) in [5, 5.41) is 0.776. The van der Waals surface area contributed by atoms with Crippen molar-refractivity contribution in [2.45, 2.75) is 26.2 Å². The zero-order valence-corrected chi connectivity index (χ0v) is 21.7. The third kappa shape index (κ3) is 6.01. The maximum Gasteiger partial charge on any atom is 0.260 e. The average Bonchev–Trinajstić information content (AvgIpc) is 3.35. The van der Waals surface area contributed by atoms with Crippen LogP contribution in [-0.4, -0.2) is 55.2 Å². The number of morpholine rings is 1. The molecule has 3 aromatic carbocycles. The van der Waals surface area contributed by atoms with Gasteiger partial charge in [0.25, 0.3) is 5.91 Å². The van der Waals surface area contributed by atoms with Gasteiger partial charge in [-0.25, -0.2) is 4.98 Å². The summed E-state index contributed by atoms with van der Waals surface area (Å²) in [7, 11) is 0. The van der Waals surface area contributed by atoms with E-state index in [9.17, 15) is 4.79 Å². The van der Waals surface area contributed by atoms with E-state index in [0.717, 1.165) is 67.5 Å². The number of hydrogen-bond donors (Lipinski definition) is 0. The van der Waals surface area contributed by atoms with E-state index in [4.69, 9.17) is 9.72 Å². The Morgan fingerprint density at radius 3 is 2.44 bits per heavy atom. The summed E-state index contributed by atoms with van der Waals surface area (Å²) in [4.78, 5) is 22.9. The lowest BCUT2D eigenvalue weighted by Crippen LogP contribution is -2.39. The van der Waals surface area contributed by atoms with Gasteiger partial charge in [-0.1, -0.05) is 66.8 Å². The van der Waals surface area contributed by atoms with Gasteiger partial charge in [-0.15, -0.1) is 0 Å². The number of fused-ring (bicyclic) bond motifs is 1. The highest BCUT2D eigenvalue weighted by Gasteiger charge is 2.22. The first-order chi connectivity index (χ1) is 17.7. The van der Waals surface area contributed by atoms with Gasteiger partial charge in [-0.2, -0.15) is 0 Å². The molecule has 0 atom stereocenters. The highest BCUT2D eigenvalue weighted by atomic mass is 32.1. The van der Waals surface area contributed by atoms with Crippen molar-refractivity contribution < 1.29 is 9.53 Å². The molecule has 0 aliphatic carbocycles. The van der Waals surface area contributed by atoms with E-state index in [2.05, 4.69) is 66.4 Å². The summed E-state index contributed by atoms with van der Waals surface area (Å²) in [5.74, 6) is 0.0120. The minimum absolute atomic E-state index is 0.0120. The maximum absolute atomic E-state index is 13.8. The zero-order valence-electron chi connectivity index (χ0n) is 20.9. The molecule has 0 N–H and O–H groups in total. The van der Waals surface area contributed by atoms with Crippen LogP contribution in [0.3, 0.4) is 0 Å². The van der Waals surface area contributed by atoms with E-state index < -0.39 is 0 Å². The van der Waals surface area contributed by atoms with Crippen molar-refractivity contribution in [2.75, 3.05) is 44.3 Å². The fraction of sp³-hybridized carbons (Fsp3) is 0.333. The van der Waals surface area contributed by atoms with Crippen LogP contribution >= 0.6 is 11.3 Å². The number of aryl methyl sites for hydroxylation is 1. The molecule has 6 heteroatoms. The minimum Gasteiger partial charge on any atom is -0.379 e. The average molecular weight is 500 g/mol. The second-order valence-electron chi connectivity index (χ2n) is 9.28. The van der Waals surface area contributed by atoms with E-state index in [1.54, 1.807) is 11.3 Å². The molecular weight excluding hydrogens is 466 g/mol. The number of benzene rings is 3. The molecule has 36 heavy (non-hydrogen) atoms. The second-order valence-corrected chi connectivity index (χ2v) is 10.3. The third-order valence-electron chi connectivity index (χ3n) is 6.74. The van der Waals surface area contributed by atoms with Crippen LogP contribution in [0.4, 0.5) is 5.13 Å². The molecule has 2 heterocycles. The Labute approximate surface area is 217 Å². The molecule has 0 saturated carbocycles. The van der Waals surface area contributed by atoms with Gasteiger partial charge in [0.2, 0.25) is 0 Å². The lowest BCUT2D eigenvalue weighted by Gasteiger charge is -2.27. The van der Waals surface area contributed by atoms with E-state index in [1.165, 1.54) is 16.7 Å². The van der Waals surface area contributed by atoms with Crippen molar-refractivity contribution in [3.8, 4) is 0 Å². The minimum atomic E-state index is 0.0120. The van der Waals surface area contributed by atoms with Gasteiger partial charge in [-0.3, -0.25) is 14.6 Å². The lowest BCUT2D eigenvalue weighted by molar-refractivity contribution is 0.0376. The van der Waals surface area contributed by atoms with Crippen LogP contribution in [0.25, 0.3) is 10.2 Å². The molecule has 1 fully saturated rings. The maximum atomic E-state index is 13.8. The van der Waals surface area contributed by atoms with Crippen molar-refractivity contribution in [1.29, 1.82) is 0 Å². The first-order valence-corrected chi connectivity index (χ1v) is 13.7. The molecule has 1 saturated heterocycles. The number of ether oxygens (including phenoxy) is 1. The largest absolute Gasteiger partial charge is 0.379 e. The summed E-state index contributed by atoms with van der Waals surface area (Å²) in [6.45, 7) is 7.24. The Morgan fingerprint density at radius 1 is 0.972 bits per heavy atom. The molecule has 1 aliphatic rings. The number of anilines is 1. The number of thiazole rings is 1. The van der Waals surface area contributed by atoms with Crippen LogP contribution in [0.5, 0.6) is 0 Å². The van der Waals surface area contributed by atoms with Crippen LogP contribution in [0.2, 0.25) is 0 Å². The molecular formula is C30H33N3O2S. The Morgan fingerprint density at radius 2 is 1.69 bits per heavy atom. The normalized spacial score (nSPS) is 14.2. The summed E-state index contributed by atoms with van der Waals surface area (Å²) < 4.78 is 6.61. The molecule has 5 rings (SSSR count). The lowest BCUT2D eigenvalue weighted by atomic mass is 10.0. The Balaban J connectivity index is 1.35. The molecule has 0 bridgehead atoms. The topological polar surface area (TPSA) is 45.7 Å². The van der Waals surface area contributed by atoms with Crippen LogP contribution in [-0.2, 0) is 17.6 Å². The number of hydrogen-bond acceptors (Lipinski definition) is 5. The van der Waals surface area contributed by atoms with Gasteiger partial charge in [0, 0.05) is 31.7 Å². The van der Waals surface area contributed by atoms with Crippen molar-refractivity contribution in [1.82, 2.24) is 9.88 Å². The first-order valence-electron chi connectivity index (χ1n) is 12.8. The summed E-state index contributed by atoms with van der Waals surface area (Å²) >= 11 is 1.61. The van der Waals surface area contributed by atoms with Crippen molar-refractivity contribution in [2.24, 2.45) is 0 Å². The Kier molecular flexibility index (Phi) is 8.06. The number of carbonyl (C=O) groups is 1. The first kappa shape index (κ1) is 24.6. The standard InChI is InChI=1S/C30H33N3O2S/c1-2-23-11-14-27-28(22-23)36-30(31-27)33(16-6-15-32-17-19-35-20-18-32)29(34)26-12-9-25(10-13-26)21-24-7-4-3-5-8-24/h3-5,7-14,22H,2,6,15-21H2,1H3. The molecule has 0 unspecified atom stereocenters. The van der Waals surface area contributed by atoms with Gasteiger partial charge in [0.15, 0.2) is 5.13 Å². The number of nitrogens with zero attached hydrogens (tertiary/aromatic N) is 3. The molecule has 0 radical (unpaired) electrons. The summed E-state index contributed by atoms with van der Waals surface area (Å²) in [5.41, 5.74) is 5.41. The van der Waals surface area contributed by atoms with Crippen molar-refractivity contribution >= 4 is 32.6 Å². The summed E-state index contributed by atoms with van der Waals surface area (Å²) in [6.07, 6.45) is 2.74. The molecule has 0 spiro atoms. The van der Waals surface area contributed by atoms with Gasteiger partial charge in [0.1, 0.15) is 0 Å². The highest BCUT2D eigenvalue weighted by molar-refractivity contribution is 7.22. The van der Waals surface area contributed by atoms with Gasteiger partial charge >= 0.3 is 0 Å². The van der Waals surface area contributed by atoms with E-state index in [-0.39, 0.29) is 5.91 Å². The van der Waals surface area contributed by atoms with E-state index in [1.807, 2.05) is 23.1 Å². The molecule has 4 aromatic rings. The van der Waals surface area contributed by atoms with E-state index >= 15 is 0 Å². The smallest absolute Gasteiger partial charge is 0.260 e. The Bertz CT molecular complexity index is 1280. The second kappa shape index (κ2) is 11.8. The van der Waals surface area contributed by atoms with Crippen LogP contribution in [0, 0.1) is 0 Å². The SMILES string of the molecule is CCc1ccc2nc(N(CCCN3CCOCC3)C(=O)c3ccc(Cc4ccccc4)cc3)sc2c1. The summed E-state index contributed by atoms with van der Waals surface area (Å²) in [6, 6.07) is 24.9. The number of rotatable bonds is 9. The van der Waals surface area contributed by atoms with Crippen molar-refractivity contribution in [3.05, 3.63) is 95.1 Å². The van der Waals surface area contributed by atoms with Crippen LogP contribution in [0.15, 0.2) is 72.8 Å². The van der Waals surface area contributed by atoms with Gasteiger partial charge in [0.05, 0.1) is 23.4 Å². The Hall–Kier alpha value is -3.06. The molecule has 5 nitrogen and oxygen atoms in total. The van der Waals surface area contributed by atoms with Crippen LogP contribution < -0.4 is 4.90 Å². The molecule has 1 aromatic heterocycles. The predicted molar refractivity (Wildman–Crippen MR) is 148 cm³/mol. The number of amides is 1. The molecule has 1 amide bonds. The predicted octanol–water partition coefficient (Wildman–Crippen LogP) is 5.82. The third-order valence-corrected chi connectivity index (χ3v) is 7.78. The highest BCUT2D eigenvalue weighted by Crippen LogP contribution is 2.31. The van der Waals surface area contributed by atoms with E-state index in [0.29, 0.717) is 12.1 Å². The van der Waals surface area contributed by atoms with Crippen LogP contribution in [0.1, 0.15) is 40.4 Å². The van der Waals surface area contributed by atoms with Gasteiger partial charge < -0.3 is 4.74 Å². The fourth-order valence-electron chi connectivity index (χ4n) is 4.61. The fourth-order valence-corrected chi connectivity index (χ4v) is 5.66. The zero-order chi connectivity index (χ0) is 24.7. The number of aromatic nitrogens is 1. The number of carbonyl (C=O) groups excluding carboxylic acids is 1. The van der Waals surface area contributed by atoms with Gasteiger partial charge in [-0.05, 0) is 60.2 Å². The van der Waals surface area contributed by atoms with Crippen molar-refractivity contribution in [3.63, 3.8) is 0 Å². The molecule has 1 aliphatic heterocycles. The quantitative estimate of drug-likeness (QED) is 0.291. The monoisotopic (exact) mass is 499 g/mol. The molecule has 186 valence electrons.